The third kappa shape index (κ3) is 7.60. The van der Waals surface area contributed by atoms with Gasteiger partial charge in [-0.3, -0.25) is 4.79 Å². The van der Waals surface area contributed by atoms with Gasteiger partial charge < -0.3 is 16.0 Å². The first-order valence-electron chi connectivity index (χ1n) is 11.3. The van der Waals surface area contributed by atoms with E-state index in [0.29, 0.717) is 12.1 Å². The molecule has 2 fully saturated rings. The Bertz CT molecular complexity index is 821. The molecule has 4 rings (SSSR count). The number of piperidine rings is 1. The molecule has 1 amide bonds. The smallest absolute Gasteiger partial charge is 0.251 e. The highest BCUT2D eigenvalue weighted by Gasteiger charge is 2.18. The molecule has 1 saturated heterocycles. The normalized spacial score (nSPS) is 18.2. The van der Waals surface area contributed by atoms with Crippen molar-refractivity contribution in [3.8, 4) is 0 Å². The van der Waals surface area contributed by atoms with E-state index in [2.05, 4.69) is 22.9 Å². The van der Waals surface area contributed by atoms with Gasteiger partial charge in [-0.25, -0.2) is 4.39 Å². The second kappa shape index (κ2) is 12.2. The van der Waals surface area contributed by atoms with Gasteiger partial charge in [-0.15, -0.1) is 0 Å². The van der Waals surface area contributed by atoms with Crippen LogP contribution in [0.3, 0.4) is 0 Å². The van der Waals surface area contributed by atoms with Crippen molar-refractivity contribution >= 4 is 17.5 Å². The lowest BCUT2D eigenvalue weighted by molar-refractivity contribution is 0.0929. The monoisotopic (exact) mass is 445 g/mol. The maximum atomic E-state index is 13.0. The molecule has 1 heterocycles. The minimum atomic E-state index is -0.349. The largest absolute Gasteiger partial charge is 0.349 e. The highest BCUT2D eigenvalue weighted by atomic mass is 35.5. The van der Waals surface area contributed by atoms with Gasteiger partial charge >= 0.3 is 0 Å². The average molecular weight is 446 g/mol. The van der Waals surface area contributed by atoms with Crippen LogP contribution in [0.25, 0.3) is 0 Å². The molecule has 0 radical (unpaired) electrons. The number of nitrogens with one attached hydrogen (secondary N) is 3. The van der Waals surface area contributed by atoms with Crippen LogP contribution in [0.2, 0.25) is 5.02 Å². The molecule has 1 unspecified atom stereocenters. The third-order valence-corrected chi connectivity index (χ3v) is 6.28. The van der Waals surface area contributed by atoms with E-state index in [1.54, 1.807) is 12.1 Å². The molecule has 3 N–H and O–H groups in total. The lowest BCUT2D eigenvalue weighted by Gasteiger charge is -2.23. The molecule has 1 aliphatic heterocycles. The summed E-state index contributed by atoms with van der Waals surface area (Å²) in [5.41, 5.74) is 1.80. The summed E-state index contributed by atoms with van der Waals surface area (Å²) >= 11 is 5.77. The predicted octanol–water partition coefficient (Wildman–Crippen LogP) is 5.24. The minimum Gasteiger partial charge on any atom is -0.349 e. The first-order chi connectivity index (χ1) is 15.0. The molecule has 1 aliphatic carbocycles. The van der Waals surface area contributed by atoms with Gasteiger partial charge in [0.1, 0.15) is 5.82 Å². The van der Waals surface area contributed by atoms with Gasteiger partial charge in [0, 0.05) is 23.7 Å². The third-order valence-electron chi connectivity index (χ3n) is 5.99. The number of hydrogen-bond donors (Lipinski definition) is 3. The van der Waals surface area contributed by atoms with E-state index in [0.717, 1.165) is 37.1 Å². The highest BCUT2D eigenvalue weighted by molar-refractivity contribution is 6.30. The fourth-order valence-electron chi connectivity index (χ4n) is 4.15. The van der Waals surface area contributed by atoms with Crippen LogP contribution in [0.4, 0.5) is 4.39 Å². The summed E-state index contributed by atoms with van der Waals surface area (Å²) in [4.78, 5) is 11.8. The molecule has 168 valence electrons. The molecule has 6 heteroatoms. The van der Waals surface area contributed by atoms with Crippen LogP contribution in [0.5, 0.6) is 0 Å². The Balaban J connectivity index is 0.000000176. The summed E-state index contributed by atoms with van der Waals surface area (Å²) in [5, 5.41) is 10.1. The number of hydrogen-bond acceptors (Lipinski definition) is 3. The molecule has 1 saturated carbocycles. The predicted molar refractivity (Wildman–Crippen MR) is 125 cm³/mol. The van der Waals surface area contributed by atoms with E-state index >= 15 is 0 Å². The van der Waals surface area contributed by atoms with E-state index in [9.17, 15) is 9.18 Å². The lowest BCUT2D eigenvalue weighted by Crippen LogP contribution is -2.42. The van der Waals surface area contributed by atoms with Crippen molar-refractivity contribution in [2.24, 2.45) is 0 Å². The highest BCUT2D eigenvalue weighted by Crippen LogP contribution is 2.24. The zero-order chi connectivity index (χ0) is 22.1. The standard InChI is InChI=1S/C13H17ClFN.C12H16N2O/c1-9(16-11-4-2-3-5-11)10-6-7-13(15)12(14)8-10;15-12(10-4-2-1-3-5-10)14-11-6-8-13-9-7-11/h6-9,11,16H,2-5H2,1H3;1-5,11,13H,6-9H2,(H,14,15). The summed E-state index contributed by atoms with van der Waals surface area (Å²) in [6.07, 6.45) is 7.18. The Morgan fingerprint density at radius 3 is 2.35 bits per heavy atom. The Morgan fingerprint density at radius 2 is 1.71 bits per heavy atom. The molecular weight excluding hydrogens is 413 g/mol. The molecule has 0 bridgehead atoms. The molecule has 1 atom stereocenters. The Hall–Kier alpha value is -1.95. The minimum absolute atomic E-state index is 0.0440. The van der Waals surface area contributed by atoms with Crippen LogP contribution in [-0.4, -0.2) is 31.1 Å². The number of carbonyl (C=O) groups excluding carboxylic acids is 1. The van der Waals surface area contributed by atoms with Crippen LogP contribution in [-0.2, 0) is 0 Å². The fraction of sp³-hybridized carbons (Fsp3) is 0.480. The number of halogens is 2. The number of carbonyl (C=O) groups is 1. The Kier molecular flexibility index (Phi) is 9.31. The van der Waals surface area contributed by atoms with Crippen molar-refractivity contribution in [2.75, 3.05) is 13.1 Å². The first kappa shape index (κ1) is 23.7. The van der Waals surface area contributed by atoms with Gasteiger partial charge in [-0.2, -0.15) is 0 Å². The maximum absolute atomic E-state index is 13.0. The van der Waals surface area contributed by atoms with Crippen molar-refractivity contribution in [3.63, 3.8) is 0 Å². The number of benzene rings is 2. The Labute approximate surface area is 190 Å². The van der Waals surface area contributed by atoms with Gasteiger partial charge in [-0.1, -0.05) is 48.7 Å². The summed E-state index contributed by atoms with van der Waals surface area (Å²) in [6.45, 7) is 4.10. The molecule has 2 aliphatic rings. The molecule has 2 aromatic rings. The van der Waals surface area contributed by atoms with E-state index in [4.69, 9.17) is 11.6 Å². The topological polar surface area (TPSA) is 53.2 Å². The van der Waals surface area contributed by atoms with Gasteiger partial charge in [0.15, 0.2) is 0 Å². The molecule has 31 heavy (non-hydrogen) atoms. The van der Waals surface area contributed by atoms with Crippen molar-refractivity contribution in [3.05, 3.63) is 70.5 Å². The van der Waals surface area contributed by atoms with Gasteiger partial charge in [-0.05, 0) is 75.5 Å². The summed E-state index contributed by atoms with van der Waals surface area (Å²) in [7, 11) is 0. The first-order valence-corrected chi connectivity index (χ1v) is 11.7. The molecule has 0 aromatic heterocycles. The van der Waals surface area contributed by atoms with Crippen molar-refractivity contribution in [1.29, 1.82) is 0 Å². The van der Waals surface area contributed by atoms with Gasteiger partial charge in [0.25, 0.3) is 5.91 Å². The maximum Gasteiger partial charge on any atom is 0.251 e. The van der Waals surface area contributed by atoms with Crippen LogP contribution in [0.1, 0.15) is 67.4 Å². The summed E-state index contributed by atoms with van der Waals surface area (Å²) in [5.74, 6) is -0.305. The summed E-state index contributed by atoms with van der Waals surface area (Å²) in [6, 6.07) is 15.5. The second-order valence-corrected chi connectivity index (χ2v) is 8.81. The van der Waals surface area contributed by atoms with Crippen LogP contribution in [0.15, 0.2) is 48.5 Å². The zero-order valence-corrected chi connectivity index (χ0v) is 18.9. The van der Waals surface area contributed by atoms with E-state index in [-0.39, 0.29) is 22.8 Å². The zero-order valence-electron chi connectivity index (χ0n) is 18.2. The summed E-state index contributed by atoms with van der Waals surface area (Å²) < 4.78 is 13.0. The Morgan fingerprint density at radius 1 is 1.03 bits per heavy atom. The van der Waals surface area contributed by atoms with E-state index in [1.807, 2.05) is 30.3 Å². The quantitative estimate of drug-likeness (QED) is 0.589. The average Bonchev–Trinajstić information content (AvgIpc) is 3.30. The van der Waals surface area contributed by atoms with E-state index in [1.165, 1.54) is 31.7 Å². The fourth-order valence-corrected chi connectivity index (χ4v) is 4.34. The SMILES string of the molecule is CC(NC1CCCC1)c1ccc(F)c(Cl)c1.O=C(NC1CCNCC1)c1ccccc1. The lowest BCUT2D eigenvalue weighted by atomic mass is 10.1. The van der Waals surface area contributed by atoms with Gasteiger partial charge in [0.05, 0.1) is 5.02 Å². The van der Waals surface area contributed by atoms with Crippen molar-refractivity contribution in [2.45, 2.75) is 63.6 Å². The number of amides is 1. The molecule has 2 aromatic carbocycles. The van der Waals surface area contributed by atoms with Crippen LogP contribution < -0.4 is 16.0 Å². The van der Waals surface area contributed by atoms with E-state index < -0.39 is 0 Å². The van der Waals surface area contributed by atoms with Crippen LogP contribution in [0, 0.1) is 5.82 Å². The van der Waals surface area contributed by atoms with Crippen LogP contribution >= 0.6 is 11.6 Å². The number of rotatable bonds is 5. The van der Waals surface area contributed by atoms with Crippen molar-refractivity contribution in [1.82, 2.24) is 16.0 Å². The molecule has 0 spiro atoms. The van der Waals surface area contributed by atoms with Gasteiger partial charge in [0.2, 0.25) is 0 Å². The van der Waals surface area contributed by atoms with Crippen molar-refractivity contribution < 1.29 is 9.18 Å². The molecular formula is C25H33ClFN3O. The molecule has 4 nitrogen and oxygen atoms in total. The second-order valence-electron chi connectivity index (χ2n) is 8.41.